The van der Waals surface area contributed by atoms with Crippen molar-refractivity contribution < 1.29 is 9.21 Å². The average molecular weight is 302 g/mol. The zero-order valence-electron chi connectivity index (χ0n) is 12.5. The molecule has 0 bridgehead atoms. The third-order valence-corrected chi connectivity index (χ3v) is 3.49. The van der Waals surface area contributed by atoms with Gasteiger partial charge in [-0.2, -0.15) is 5.26 Å². The normalized spacial score (nSPS) is 11.2. The number of aryl methyl sites for hydroxylation is 1. The number of benzene rings is 2. The molecule has 0 aliphatic carbocycles. The van der Waals surface area contributed by atoms with E-state index in [1.807, 2.05) is 55.5 Å². The summed E-state index contributed by atoms with van der Waals surface area (Å²) in [6, 6.07) is 18.7. The smallest absolute Gasteiger partial charge is 0.266 e. The standard InChI is InChI=1S/C19H14N2O2/c1-13-6-2-4-8-17(13)21-19(22)15(12-20)11-16-10-14-7-3-5-9-18(14)23-16/h2-11H,1H3,(H,21,22)/b15-11+. The van der Waals surface area contributed by atoms with E-state index in [1.54, 1.807) is 12.1 Å². The number of nitriles is 1. The largest absolute Gasteiger partial charge is 0.457 e. The van der Waals surface area contributed by atoms with Crippen molar-refractivity contribution in [1.29, 1.82) is 5.26 Å². The molecule has 0 saturated carbocycles. The number of hydrogen-bond donors (Lipinski definition) is 1. The number of anilines is 1. The first-order valence-corrected chi connectivity index (χ1v) is 7.15. The summed E-state index contributed by atoms with van der Waals surface area (Å²) in [6.45, 7) is 1.89. The molecular formula is C19H14N2O2. The third kappa shape index (κ3) is 3.14. The predicted molar refractivity (Wildman–Crippen MR) is 89.6 cm³/mol. The van der Waals surface area contributed by atoms with E-state index >= 15 is 0 Å². The van der Waals surface area contributed by atoms with Crippen LogP contribution in [-0.4, -0.2) is 5.91 Å². The quantitative estimate of drug-likeness (QED) is 0.580. The monoisotopic (exact) mass is 302 g/mol. The fourth-order valence-corrected chi connectivity index (χ4v) is 2.27. The van der Waals surface area contributed by atoms with Gasteiger partial charge in [-0.25, -0.2) is 0 Å². The van der Waals surface area contributed by atoms with Crippen LogP contribution in [0.4, 0.5) is 5.69 Å². The molecule has 0 unspecified atom stereocenters. The van der Waals surface area contributed by atoms with Crippen LogP contribution in [0.3, 0.4) is 0 Å². The van der Waals surface area contributed by atoms with Crippen LogP contribution in [-0.2, 0) is 4.79 Å². The van der Waals surface area contributed by atoms with Crippen LogP contribution >= 0.6 is 0 Å². The molecule has 4 nitrogen and oxygen atoms in total. The summed E-state index contributed by atoms with van der Waals surface area (Å²) in [5.41, 5.74) is 2.33. The van der Waals surface area contributed by atoms with Crippen molar-refractivity contribution in [2.24, 2.45) is 0 Å². The van der Waals surface area contributed by atoms with Crippen molar-refractivity contribution in [3.05, 3.63) is 71.5 Å². The number of rotatable bonds is 3. The van der Waals surface area contributed by atoms with E-state index in [4.69, 9.17) is 4.42 Å². The van der Waals surface area contributed by atoms with E-state index in [9.17, 15) is 10.1 Å². The summed E-state index contributed by atoms with van der Waals surface area (Å²) in [4.78, 5) is 12.3. The molecule has 3 aromatic rings. The Morgan fingerprint density at radius 2 is 1.91 bits per heavy atom. The highest BCUT2D eigenvalue weighted by atomic mass is 16.3. The molecule has 23 heavy (non-hydrogen) atoms. The number of furan rings is 1. The van der Waals surface area contributed by atoms with Gasteiger partial charge in [-0.3, -0.25) is 4.79 Å². The summed E-state index contributed by atoms with van der Waals surface area (Å²) < 4.78 is 5.62. The van der Waals surface area contributed by atoms with Gasteiger partial charge in [0.25, 0.3) is 5.91 Å². The molecule has 1 N–H and O–H groups in total. The van der Waals surface area contributed by atoms with E-state index < -0.39 is 5.91 Å². The second kappa shape index (κ2) is 6.20. The van der Waals surface area contributed by atoms with Crippen molar-refractivity contribution in [1.82, 2.24) is 0 Å². The van der Waals surface area contributed by atoms with Crippen LogP contribution in [0.5, 0.6) is 0 Å². The van der Waals surface area contributed by atoms with Gasteiger partial charge in [-0.05, 0) is 30.7 Å². The van der Waals surface area contributed by atoms with Crippen LogP contribution in [0.2, 0.25) is 0 Å². The summed E-state index contributed by atoms with van der Waals surface area (Å²) in [5.74, 6) is 0.0185. The minimum absolute atomic E-state index is 0.00712. The number of nitrogens with one attached hydrogen (secondary N) is 1. The Hall–Kier alpha value is -3.32. The van der Waals surface area contributed by atoms with E-state index in [0.717, 1.165) is 16.5 Å². The van der Waals surface area contributed by atoms with Gasteiger partial charge in [0.1, 0.15) is 23.0 Å². The minimum atomic E-state index is -0.456. The van der Waals surface area contributed by atoms with Gasteiger partial charge < -0.3 is 9.73 Å². The highest BCUT2D eigenvalue weighted by molar-refractivity contribution is 6.09. The molecule has 0 saturated heterocycles. The Labute approximate surface area is 133 Å². The number of carbonyl (C=O) groups excluding carboxylic acids is 1. The maximum atomic E-state index is 12.3. The Bertz CT molecular complexity index is 912. The molecular weight excluding hydrogens is 288 g/mol. The first-order chi connectivity index (χ1) is 11.2. The molecule has 1 amide bonds. The molecule has 112 valence electrons. The van der Waals surface area contributed by atoms with E-state index in [0.29, 0.717) is 11.4 Å². The van der Waals surface area contributed by atoms with Crippen LogP contribution in [0.1, 0.15) is 11.3 Å². The van der Waals surface area contributed by atoms with Crippen molar-refractivity contribution in [3.63, 3.8) is 0 Å². The SMILES string of the molecule is Cc1ccccc1NC(=O)/C(C#N)=C/c1cc2ccccc2o1. The molecule has 0 fully saturated rings. The number of carbonyl (C=O) groups is 1. The van der Waals surface area contributed by atoms with Gasteiger partial charge in [-0.1, -0.05) is 36.4 Å². The van der Waals surface area contributed by atoms with Crippen LogP contribution < -0.4 is 5.32 Å². The zero-order chi connectivity index (χ0) is 16.2. The third-order valence-electron chi connectivity index (χ3n) is 3.49. The van der Waals surface area contributed by atoms with Gasteiger partial charge >= 0.3 is 0 Å². The summed E-state index contributed by atoms with van der Waals surface area (Å²) in [5, 5.41) is 12.9. The Morgan fingerprint density at radius 3 is 2.65 bits per heavy atom. The van der Waals surface area contributed by atoms with Crippen molar-refractivity contribution in [3.8, 4) is 6.07 Å². The first-order valence-electron chi connectivity index (χ1n) is 7.15. The van der Waals surface area contributed by atoms with E-state index in [2.05, 4.69) is 5.32 Å². The number of fused-ring (bicyclic) bond motifs is 1. The highest BCUT2D eigenvalue weighted by Gasteiger charge is 2.12. The lowest BCUT2D eigenvalue weighted by Crippen LogP contribution is -2.14. The number of nitrogens with zero attached hydrogens (tertiary/aromatic N) is 1. The second-order valence-electron chi connectivity index (χ2n) is 5.13. The fourth-order valence-electron chi connectivity index (χ4n) is 2.27. The molecule has 2 aromatic carbocycles. The molecule has 4 heteroatoms. The number of hydrogen-bond acceptors (Lipinski definition) is 3. The van der Waals surface area contributed by atoms with Crippen LogP contribution in [0, 0.1) is 18.3 Å². The van der Waals surface area contributed by atoms with E-state index in [-0.39, 0.29) is 5.57 Å². The molecule has 1 heterocycles. The first kappa shape index (κ1) is 14.6. The van der Waals surface area contributed by atoms with Gasteiger partial charge in [0.05, 0.1) is 0 Å². The Kier molecular flexibility index (Phi) is 3.94. The molecule has 1 aromatic heterocycles. The topological polar surface area (TPSA) is 66.0 Å². The Morgan fingerprint density at radius 1 is 1.17 bits per heavy atom. The summed E-state index contributed by atoms with van der Waals surface area (Å²) in [7, 11) is 0. The second-order valence-corrected chi connectivity index (χ2v) is 5.13. The van der Waals surface area contributed by atoms with Crippen molar-refractivity contribution in [2.45, 2.75) is 6.92 Å². The molecule has 0 atom stereocenters. The lowest BCUT2D eigenvalue weighted by molar-refractivity contribution is -0.112. The van der Waals surface area contributed by atoms with Gasteiger partial charge in [-0.15, -0.1) is 0 Å². The maximum absolute atomic E-state index is 12.3. The molecule has 0 radical (unpaired) electrons. The molecule has 3 rings (SSSR count). The van der Waals surface area contributed by atoms with Gasteiger partial charge in [0.15, 0.2) is 0 Å². The minimum Gasteiger partial charge on any atom is -0.457 e. The lowest BCUT2D eigenvalue weighted by Gasteiger charge is -2.06. The molecule has 0 aliphatic rings. The van der Waals surface area contributed by atoms with Crippen molar-refractivity contribution in [2.75, 3.05) is 5.32 Å². The van der Waals surface area contributed by atoms with Crippen LogP contribution in [0.15, 0.2) is 64.6 Å². The van der Waals surface area contributed by atoms with Crippen molar-refractivity contribution >= 4 is 28.6 Å². The number of para-hydroxylation sites is 2. The summed E-state index contributed by atoms with van der Waals surface area (Å²) in [6.07, 6.45) is 1.45. The Balaban J connectivity index is 1.88. The van der Waals surface area contributed by atoms with E-state index in [1.165, 1.54) is 6.08 Å². The predicted octanol–water partition coefficient (Wildman–Crippen LogP) is 4.29. The molecule has 0 aliphatic heterocycles. The lowest BCUT2D eigenvalue weighted by atomic mass is 10.1. The fraction of sp³-hybridized carbons (Fsp3) is 0.0526. The highest BCUT2D eigenvalue weighted by Crippen LogP contribution is 2.21. The summed E-state index contributed by atoms with van der Waals surface area (Å²) >= 11 is 0. The molecule has 0 spiro atoms. The maximum Gasteiger partial charge on any atom is 0.266 e. The van der Waals surface area contributed by atoms with Gasteiger partial charge in [0.2, 0.25) is 0 Å². The number of amides is 1. The van der Waals surface area contributed by atoms with Crippen LogP contribution in [0.25, 0.3) is 17.0 Å². The van der Waals surface area contributed by atoms with Gasteiger partial charge in [0, 0.05) is 17.1 Å². The average Bonchev–Trinajstić information content (AvgIpc) is 2.97. The zero-order valence-corrected chi connectivity index (χ0v) is 12.5.